The summed E-state index contributed by atoms with van der Waals surface area (Å²) < 4.78 is 17.5. The van der Waals surface area contributed by atoms with Gasteiger partial charge in [0.2, 0.25) is 5.76 Å². The second-order valence-electron chi connectivity index (χ2n) is 8.33. The van der Waals surface area contributed by atoms with Crippen LogP contribution in [0.25, 0.3) is 11.0 Å². The van der Waals surface area contributed by atoms with E-state index in [0.717, 1.165) is 5.56 Å². The summed E-state index contributed by atoms with van der Waals surface area (Å²) in [5, 5.41) is 9.83. The van der Waals surface area contributed by atoms with Gasteiger partial charge in [-0.3, -0.25) is 9.59 Å². The molecule has 178 valence electrons. The summed E-state index contributed by atoms with van der Waals surface area (Å²) in [7, 11) is 1.55. The third-order valence-corrected chi connectivity index (χ3v) is 6.17. The van der Waals surface area contributed by atoms with Crippen LogP contribution in [0.15, 0.2) is 82.0 Å². The van der Waals surface area contributed by atoms with Crippen molar-refractivity contribution in [2.24, 2.45) is 0 Å². The first-order valence-electron chi connectivity index (χ1n) is 11.4. The third kappa shape index (κ3) is 4.15. The molecule has 5 rings (SSSR count). The van der Waals surface area contributed by atoms with Crippen molar-refractivity contribution in [3.63, 3.8) is 0 Å². The highest BCUT2D eigenvalue weighted by Gasteiger charge is 2.42. The van der Waals surface area contributed by atoms with Gasteiger partial charge in [0.25, 0.3) is 5.91 Å². The molecule has 0 unspecified atom stereocenters. The lowest BCUT2D eigenvalue weighted by molar-refractivity contribution is 0.0716. The number of aliphatic hydroxyl groups is 1. The molecule has 0 bridgehead atoms. The highest BCUT2D eigenvalue weighted by atomic mass is 16.5. The van der Waals surface area contributed by atoms with Crippen molar-refractivity contribution in [3.8, 4) is 11.5 Å². The molecule has 1 amide bonds. The van der Waals surface area contributed by atoms with Crippen LogP contribution in [0, 0.1) is 0 Å². The van der Waals surface area contributed by atoms with E-state index >= 15 is 0 Å². The van der Waals surface area contributed by atoms with Crippen molar-refractivity contribution in [1.82, 2.24) is 4.90 Å². The fourth-order valence-corrected chi connectivity index (χ4v) is 4.49. The molecule has 0 saturated carbocycles. The standard InChI is InChI=1S/C28H25NO6/c1-33-23-16-19(12-13-22(23)34-17-18-8-3-2-4-9-18)25-24-26(31)20-10-5-6-11-21(20)35-27(24)28(32)29(25)14-7-15-30/h2-6,8-13,16,25,30H,7,14-15,17H2,1H3/t25-/m0/s1. The van der Waals surface area contributed by atoms with Gasteiger partial charge in [0.15, 0.2) is 16.9 Å². The quantitative estimate of drug-likeness (QED) is 0.412. The molecule has 3 aromatic carbocycles. The van der Waals surface area contributed by atoms with E-state index in [2.05, 4.69) is 0 Å². The highest BCUT2D eigenvalue weighted by molar-refractivity contribution is 5.99. The fourth-order valence-electron chi connectivity index (χ4n) is 4.49. The van der Waals surface area contributed by atoms with Gasteiger partial charge in [-0.25, -0.2) is 0 Å². The number of amides is 1. The molecule has 4 aromatic rings. The van der Waals surface area contributed by atoms with Gasteiger partial charge < -0.3 is 23.9 Å². The molecule has 1 atom stereocenters. The van der Waals surface area contributed by atoms with Crippen molar-refractivity contribution < 1.29 is 23.8 Å². The lowest BCUT2D eigenvalue weighted by atomic mass is 9.98. The molecular weight excluding hydrogens is 446 g/mol. The Balaban J connectivity index is 1.57. The number of hydrogen-bond acceptors (Lipinski definition) is 6. The zero-order valence-corrected chi connectivity index (χ0v) is 19.3. The normalized spacial score (nSPS) is 14.9. The molecule has 1 aromatic heterocycles. The zero-order chi connectivity index (χ0) is 24.4. The van der Waals surface area contributed by atoms with Gasteiger partial charge >= 0.3 is 0 Å². The molecule has 1 aliphatic rings. The third-order valence-electron chi connectivity index (χ3n) is 6.17. The number of rotatable bonds is 8. The number of carbonyl (C=O) groups is 1. The van der Waals surface area contributed by atoms with Gasteiger partial charge in [0.1, 0.15) is 12.2 Å². The summed E-state index contributed by atoms with van der Waals surface area (Å²) in [5.74, 6) is 0.716. The predicted molar refractivity (Wildman–Crippen MR) is 131 cm³/mol. The molecule has 0 fully saturated rings. The molecule has 0 spiro atoms. The molecule has 2 heterocycles. The summed E-state index contributed by atoms with van der Waals surface area (Å²) in [5.41, 5.74) is 2.14. The Bertz CT molecular complexity index is 1430. The number of methoxy groups -OCH3 is 1. The fraction of sp³-hybridized carbons (Fsp3) is 0.214. The molecule has 35 heavy (non-hydrogen) atoms. The van der Waals surface area contributed by atoms with E-state index in [0.29, 0.717) is 46.6 Å². The number of nitrogens with zero attached hydrogens (tertiary/aromatic N) is 1. The Kier molecular flexibility index (Phi) is 6.25. The first kappa shape index (κ1) is 22.7. The van der Waals surface area contributed by atoms with E-state index in [1.165, 1.54) is 0 Å². The minimum Gasteiger partial charge on any atom is -0.493 e. The lowest BCUT2D eigenvalue weighted by Crippen LogP contribution is -2.31. The smallest absolute Gasteiger partial charge is 0.290 e. The van der Waals surface area contributed by atoms with Crippen LogP contribution in [-0.4, -0.2) is 36.2 Å². The summed E-state index contributed by atoms with van der Waals surface area (Å²) in [6, 6.07) is 21.4. The van der Waals surface area contributed by atoms with E-state index < -0.39 is 6.04 Å². The van der Waals surface area contributed by atoms with Crippen molar-refractivity contribution in [2.45, 2.75) is 19.1 Å². The van der Waals surface area contributed by atoms with Gasteiger partial charge in [-0.15, -0.1) is 0 Å². The van der Waals surface area contributed by atoms with Crippen molar-refractivity contribution in [3.05, 3.63) is 105 Å². The van der Waals surface area contributed by atoms with Gasteiger partial charge in [-0.05, 0) is 41.8 Å². The Hall–Kier alpha value is -4.10. The summed E-state index contributed by atoms with van der Waals surface area (Å²) in [6.45, 7) is 0.569. The van der Waals surface area contributed by atoms with Gasteiger partial charge in [-0.2, -0.15) is 0 Å². The van der Waals surface area contributed by atoms with E-state index in [1.54, 1.807) is 48.4 Å². The van der Waals surface area contributed by atoms with Gasteiger partial charge in [-0.1, -0.05) is 48.5 Å². The lowest BCUT2D eigenvalue weighted by Gasteiger charge is -2.25. The maximum Gasteiger partial charge on any atom is 0.290 e. The average Bonchev–Trinajstić information content (AvgIpc) is 3.18. The molecule has 0 radical (unpaired) electrons. The number of ether oxygens (including phenoxy) is 2. The van der Waals surface area contributed by atoms with E-state index in [1.807, 2.05) is 36.4 Å². The molecule has 0 saturated heterocycles. The summed E-state index contributed by atoms with van der Waals surface area (Å²) in [4.78, 5) is 28.4. The SMILES string of the molecule is COc1cc([C@H]2c3c(oc4ccccc4c3=O)C(=O)N2CCCO)ccc1OCc1ccccc1. The molecule has 0 aliphatic carbocycles. The Labute approximate surface area is 202 Å². The minimum absolute atomic E-state index is 0.0417. The second kappa shape index (κ2) is 9.64. The van der Waals surface area contributed by atoms with Crippen LogP contribution in [0.1, 0.15) is 39.7 Å². The van der Waals surface area contributed by atoms with Crippen molar-refractivity contribution in [2.75, 3.05) is 20.3 Å². The summed E-state index contributed by atoms with van der Waals surface area (Å²) in [6.07, 6.45) is 0.374. The van der Waals surface area contributed by atoms with E-state index in [9.17, 15) is 14.7 Å². The van der Waals surface area contributed by atoms with Crippen LogP contribution >= 0.6 is 0 Å². The summed E-state index contributed by atoms with van der Waals surface area (Å²) >= 11 is 0. The van der Waals surface area contributed by atoms with Crippen LogP contribution in [0.5, 0.6) is 11.5 Å². The number of aliphatic hydroxyl groups excluding tert-OH is 1. The number of fused-ring (bicyclic) bond motifs is 2. The molecule has 7 nitrogen and oxygen atoms in total. The largest absolute Gasteiger partial charge is 0.493 e. The number of carbonyl (C=O) groups excluding carboxylic acids is 1. The molecule has 1 N–H and O–H groups in total. The van der Waals surface area contributed by atoms with Crippen molar-refractivity contribution >= 4 is 16.9 Å². The molecule has 7 heteroatoms. The monoisotopic (exact) mass is 471 g/mol. The maximum atomic E-state index is 13.5. The molecule has 1 aliphatic heterocycles. The number of para-hydroxylation sites is 1. The van der Waals surface area contributed by atoms with Crippen molar-refractivity contribution in [1.29, 1.82) is 0 Å². The highest BCUT2D eigenvalue weighted by Crippen LogP contribution is 2.41. The predicted octanol–water partition coefficient (Wildman–Crippen LogP) is 4.31. The second-order valence-corrected chi connectivity index (χ2v) is 8.33. The number of benzene rings is 3. The Morgan fingerprint density at radius 3 is 2.51 bits per heavy atom. The van der Waals surface area contributed by atoms with Crippen LogP contribution in [0.2, 0.25) is 0 Å². The Morgan fingerprint density at radius 2 is 1.74 bits per heavy atom. The van der Waals surface area contributed by atoms with Crippen LogP contribution in [0.4, 0.5) is 0 Å². The van der Waals surface area contributed by atoms with E-state index in [4.69, 9.17) is 13.9 Å². The van der Waals surface area contributed by atoms with Crippen LogP contribution in [-0.2, 0) is 6.61 Å². The maximum absolute atomic E-state index is 13.5. The minimum atomic E-state index is -0.665. The average molecular weight is 472 g/mol. The zero-order valence-electron chi connectivity index (χ0n) is 19.3. The molecular formula is C28H25NO6. The van der Waals surface area contributed by atoms with E-state index in [-0.39, 0.29) is 30.2 Å². The number of hydrogen-bond donors (Lipinski definition) is 1. The topological polar surface area (TPSA) is 89.2 Å². The van der Waals surface area contributed by atoms with Gasteiger partial charge in [0, 0.05) is 13.2 Å². The first-order valence-corrected chi connectivity index (χ1v) is 11.4. The van der Waals surface area contributed by atoms with Crippen LogP contribution < -0.4 is 14.9 Å². The Morgan fingerprint density at radius 1 is 0.971 bits per heavy atom. The van der Waals surface area contributed by atoms with Gasteiger partial charge in [0.05, 0.1) is 24.1 Å². The van der Waals surface area contributed by atoms with Crippen LogP contribution in [0.3, 0.4) is 0 Å². The first-order chi connectivity index (χ1) is 17.1.